The standard InChI is InChI=1S/C18H22N2O7S3/c21-12-4-2-1-3-10(12)15-20(11(8-30-15)16(25)26)13(22)5-6-18(29,9-28)17(27)19-7-14(23)24/h1-4,11,15,21,28-29H,5-9H2,(H,19,27)(H,23,24)(H,25,26)/t11-,15?,18?/m0/s1. The van der Waals surface area contributed by atoms with Crippen LogP contribution in [0.25, 0.3) is 0 Å². The van der Waals surface area contributed by atoms with Crippen molar-refractivity contribution in [2.75, 3.05) is 18.1 Å². The highest BCUT2D eigenvalue weighted by Gasteiger charge is 2.44. The van der Waals surface area contributed by atoms with Gasteiger partial charge in [0.1, 0.15) is 28.5 Å². The summed E-state index contributed by atoms with van der Waals surface area (Å²) in [4.78, 5) is 48.8. The molecule has 1 aliphatic heterocycles. The van der Waals surface area contributed by atoms with Gasteiger partial charge in [-0.05, 0) is 12.5 Å². The quantitative estimate of drug-likeness (QED) is 0.291. The van der Waals surface area contributed by atoms with Crippen molar-refractivity contribution in [3.8, 4) is 5.75 Å². The molecule has 1 aliphatic rings. The molecular weight excluding hydrogens is 452 g/mol. The molecule has 4 N–H and O–H groups in total. The predicted octanol–water partition coefficient (Wildman–Crippen LogP) is 0.999. The monoisotopic (exact) mass is 474 g/mol. The van der Waals surface area contributed by atoms with E-state index < -0.39 is 46.5 Å². The van der Waals surface area contributed by atoms with Gasteiger partial charge >= 0.3 is 11.9 Å². The smallest absolute Gasteiger partial charge is 0.327 e. The Balaban J connectivity index is 2.18. The fourth-order valence-electron chi connectivity index (χ4n) is 2.96. The number of rotatable bonds is 9. The average molecular weight is 475 g/mol. The highest BCUT2D eigenvalue weighted by atomic mass is 32.2. The number of hydrogen-bond donors (Lipinski definition) is 6. The lowest BCUT2D eigenvalue weighted by Gasteiger charge is -2.30. The number of hydrogen-bond acceptors (Lipinski definition) is 8. The third kappa shape index (κ3) is 5.55. The summed E-state index contributed by atoms with van der Waals surface area (Å²) in [6.07, 6.45) is -0.288. The molecule has 1 fully saturated rings. The zero-order chi connectivity index (χ0) is 22.5. The molecule has 1 aromatic rings. The van der Waals surface area contributed by atoms with E-state index in [9.17, 15) is 29.4 Å². The number of amides is 2. The number of aromatic hydroxyl groups is 1. The third-order valence-corrected chi connectivity index (χ3v) is 7.29. The summed E-state index contributed by atoms with van der Waals surface area (Å²) in [5.74, 6) is -3.55. The normalized spacial score (nSPS) is 20.4. The Kier molecular flexibility index (Phi) is 8.33. The maximum atomic E-state index is 13.0. The summed E-state index contributed by atoms with van der Waals surface area (Å²) in [7, 11) is 0. The van der Waals surface area contributed by atoms with E-state index in [0.29, 0.717) is 5.56 Å². The second-order valence-electron chi connectivity index (χ2n) is 6.67. The summed E-state index contributed by atoms with van der Waals surface area (Å²) in [6, 6.07) is 5.29. The van der Waals surface area contributed by atoms with Gasteiger partial charge in [-0.3, -0.25) is 14.4 Å². The molecule has 0 radical (unpaired) electrons. The first kappa shape index (κ1) is 24.2. The van der Waals surface area contributed by atoms with E-state index in [1.807, 2.05) is 0 Å². The van der Waals surface area contributed by atoms with Crippen LogP contribution >= 0.6 is 37.0 Å². The van der Waals surface area contributed by atoms with Gasteiger partial charge in [0.2, 0.25) is 11.8 Å². The molecule has 0 aliphatic carbocycles. The number of nitrogens with zero attached hydrogens (tertiary/aromatic N) is 1. The number of phenols is 1. The summed E-state index contributed by atoms with van der Waals surface area (Å²) in [5.41, 5.74) is 0.421. The molecule has 164 valence electrons. The van der Waals surface area contributed by atoms with Crippen LogP contribution in [0.1, 0.15) is 23.8 Å². The number of carbonyl (C=O) groups excluding carboxylic acids is 2. The van der Waals surface area contributed by atoms with Gasteiger partial charge in [0.15, 0.2) is 0 Å². The number of thioether (sulfide) groups is 1. The van der Waals surface area contributed by atoms with Crippen LogP contribution in [0.4, 0.5) is 0 Å². The van der Waals surface area contributed by atoms with Gasteiger partial charge in [-0.2, -0.15) is 25.3 Å². The number of carbonyl (C=O) groups is 4. The number of carboxylic acid groups (broad SMARTS) is 2. The summed E-state index contributed by atoms with van der Waals surface area (Å²) >= 11 is 9.61. The van der Waals surface area contributed by atoms with Gasteiger partial charge in [0.25, 0.3) is 0 Å². The first-order chi connectivity index (χ1) is 14.1. The van der Waals surface area contributed by atoms with Crippen molar-refractivity contribution >= 4 is 60.8 Å². The largest absolute Gasteiger partial charge is 0.508 e. The Morgan fingerprint density at radius 3 is 2.47 bits per heavy atom. The highest BCUT2D eigenvalue weighted by molar-refractivity contribution is 7.99. The molecule has 2 unspecified atom stereocenters. The summed E-state index contributed by atoms with van der Waals surface area (Å²) < 4.78 is -1.41. The zero-order valence-corrected chi connectivity index (χ0v) is 18.3. The van der Waals surface area contributed by atoms with Gasteiger partial charge in [0.05, 0.1) is 0 Å². The molecule has 9 nitrogen and oxygen atoms in total. The molecule has 12 heteroatoms. The van der Waals surface area contributed by atoms with Crippen LogP contribution < -0.4 is 5.32 Å². The zero-order valence-electron chi connectivity index (χ0n) is 15.7. The van der Waals surface area contributed by atoms with Gasteiger partial charge in [-0.25, -0.2) is 4.79 Å². The second kappa shape index (κ2) is 10.3. The molecule has 1 saturated heterocycles. The van der Waals surface area contributed by atoms with Gasteiger partial charge in [-0.1, -0.05) is 18.2 Å². The van der Waals surface area contributed by atoms with Crippen molar-refractivity contribution in [2.45, 2.75) is 29.0 Å². The first-order valence-electron chi connectivity index (χ1n) is 8.87. The number of nitrogens with one attached hydrogen (secondary N) is 1. The Bertz CT molecular complexity index is 838. The van der Waals surface area contributed by atoms with Crippen molar-refractivity contribution in [1.82, 2.24) is 10.2 Å². The van der Waals surface area contributed by atoms with Crippen molar-refractivity contribution in [1.29, 1.82) is 0 Å². The molecule has 0 aromatic heterocycles. The van der Waals surface area contributed by atoms with Gasteiger partial charge < -0.3 is 25.5 Å². The van der Waals surface area contributed by atoms with Crippen LogP contribution in [-0.4, -0.2) is 72.8 Å². The van der Waals surface area contributed by atoms with Crippen LogP contribution in [-0.2, 0) is 19.2 Å². The van der Waals surface area contributed by atoms with Gasteiger partial charge in [-0.15, -0.1) is 11.8 Å². The van der Waals surface area contributed by atoms with Crippen LogP contribution in [0.15, 0.2) is 24.3 Å². The second-order valence-corrected chi connectivity index (χ2v) is 8.95. The predicted molar refractivity (Wildman–Crippen MR) is 117 cm³/mol. The molecule has 1 aromatic carbocycles. The van der Waals surface area contributed by atoms with Crippen molar-refractivity contribution in [3.63, 3.8) is 0 Å². The number of thiol groups is 2. The van der Waals surface area contributed by atoms with Crippen molar-refractivity contribution in [3.05, 3.63) is 29.8 Å². The minimum atomic E-state index is -1.41. The fourth-order valence-corrected chi connectivity index (χ4v) is 4.93. The lowest BCUT2D eigenvalue weighted by molar-refractivity contribution is -0.149. The van der Waals surface area contributed by atoms with Crippen molar-refractivity contribution in [2.24, 2.45) is 0 Å². The van der Waals surface area contributed by atoms with E-state index in [1.54, 1.807) is 18.2 Å². The van der Waals surface area contributed by atoms with E-state index in [1.165, 1.54) is 22.7 Å². The van der Waals surface area contributed by atoms with E-state index in [2.05, 4.69) is 30.6 Å². The molecule has 30 heavy (non-hydrogen) atoms. The van der Waals surface area contributed by atoms with Crippen LogP contribution in [0.3, 0.4) is 0 Å². The highest BCUT2D eigenvalue weighted by Crippen LogP contribution is 2.45. The topological polar surface area (TPSA) is 144 Å². The number of phenolic OH excluding ortho intramolecular Hbond substituents is 1. The number of benzene rings is 1. The molecule has 3 atom stereocenters. The van der Waals surface area contributed by atoms with E-state index >= 15 is 0 Å². The Morgan fingerprint density at radius 1 is 1.23 bits per heavy atom. The first-order valence-corrected chi connectivity index (χ1v) is 11.0. The number of carboxylic acids is 2. The Labute approximate surface area is 188 Å². The number of para-hydroxylation sites is 1. The third-order valence-electron chi connectivity index (χ3n) is 4.61. The molecule has 2 rings (SSSR count). The summed E-state index contributed by atoms with van der Waals surface area (Å²) in [6.45, 7) is -0.595. The fraction of sp³-hybridized carbons (Fsp3) is 0.444. The molecular formula is C18H22N2O7S3. The van der Waals surface area contributed by atoms with E-state index in [-0.39, 0.29) is 30.1 Å². The van der Waals surface area contributed by atoms with Crippen LogP contribution in [0.5, 0.6) is 5.75 Å². The lowest BCUT2D eigenvalue weighted by Crippen LogP contribution is -2.47. The Hall–Kier alpha value is -2.05. The van der Waals surface area contributed by atoms with Gasteiger partial charge in [0, 0.05) is 23.5 Å². The molecule has 1 heterocycles. The minimum absolute atomic E-state index is 0.0502. The van der Waals surface area contributed by atoms with Crippen LogP contribution in [0, 0.1) is 0 Å². The minimum Gasteiger partial charge on any atom is -0.508 e. The van der Waals surface area contributed by atoms with Crippen LogP contribution in [0.2, 0.25) is 0 Å². The molecule has 0 saturated carbocycles. The summed E-state index contributed by atoms with van der Waals surface area (Å²) in [5, 5.41) is 29.9. The van der Waals surface area contributed by atoms with E-state index in [0.717, 1.165) is 0 Å². The lowest BCUT2D eigenvalue weighted by atomic mass is 10.0. The molecule has 0 spiro atoms. The maximum absolute atomic E-state index is 13.0. The number of aliphatic carboxylic acids is 2. The molecule has 2 amide bonds. The maximum Gasteiger partial charge on any atom is 0.327 e. The van der Waals surface area contributed by atoms with E-state index in [4.69, 9.17) is 5.11 Å². The Morgan fingerprint density at radius 2 is 1.90 bits per heavy atom. The SMILES string of the molecule is O=C(O)CNC(=O)C(S)(CS)CCC(=O)N1C(c2ccccc2O)SC[C@H]1C(=O)O. The average Bonchev–Trinajstić information content (AvgIpc) is 3.15. The molecule has 0 bridgehead atoms. The van der Waals surface area contributed by atoms with Crippen molar-refractivity contribution < 1.29 is 34.5 Å².